The molecule has 0 fully saturated rings. The van der Waals surface area contributed by atoms with E-state index in [4.69, 9.17) is 21.7 Å². The predicted octanol–water partition coefficient (Wildman–Crippen LogP) is 1.85. The fourth-order valence-corrected chi connectivity index (χ4v) is 3.49. The average Bonchev–Trinajstić information content (AvgIpc) is 3.15. The Labute approximate surface area is 154 Å². The zero-order valence-corrected chi connectivity index (χ0v) is 15.8. The standard InChI is InChI=1S/C15H18N4O4S2/c1-8-10(13(20)22-3)12(25-11(8)14(21)23-4)18-15(24)16-5-9-6-17-19(2)7-9/h6-7H,5H2,1-4H3,(H2,16,18,24). The second-order valence-corrected chi connectivity index (χ2v) is 6.50. The Morgan fingerprint density at radius 2 is 2.00 bits per heavy atom. The van der Waals surface area contributed by atoms with Crippen molar-refractivity contribution in [3.63, 3.8) is 0 Å². The number of thiophene rings is 1. The van der Waals surface area contributed by atoms with Gasteiger partial charge in [-0.1, -0.05) is 0 Å². The molecule has 134 valence electrons. The molecule has 0 unspecified atom stereocenters. The lowest BCUT2D eigenvalue weighted by Crippen LogP contribution is -2.28. The van der Waals surface area contributed by atoms with Crippen molar-refractivity contribution in [2.24, 2.45) is 7.05 Å². The summed E-state index contributed by atoms with van der Waals surface area (Å²) in [5, 5.41) is 10.8. The van der Waals surface area contributed by atoms with E-state index in [0.29, 0.717) is 27.1 Å². The molecular weight excluding hydrogens is 364 g/mol. The van der Waals surface area contributed by atoms with Crippen LogP contribution in [0.4, 0.5) is 5.00 Å². The topological polar surface area (TPSA) is 94.5 Å². The van der Waals surface area contributed by atoms with E-state index in [2.05, 4.69) is 15.7 Å². The van der Waals surface area contributed by atoms with Crippen LogP contribution in [-0.4, -0.2) is 41.1 Å². The van der Waals surface area contributed by atoms with Crippen molar-refractivity contribution in [2.75, 3.05) is 19.5 Å². The Morgan fingerprint density at radius 3 is 2.56 bits per heavy atom. The smallest absolute Gasteiger partial charge is 0.348 e. The third-order valence-electron chi connectivity index (χ3n) is 3.35. The van der Waals surface area contributed by atoms with Gasteiger partial charge in [-0.2, -0.15) is 5.10 Å². The van der Waals surface area contributed by atoms with E-state index in [-0.39, 0.29) is 5.56 Å². The number of nitrogens with one attached hydrogen (secondary N) is 2. The van der Waals surface area contributed by atoms with Crippen LogP contribution in [0.25, 0.3) is 0 Å². The van der Waals surface area contributed by atoms with Gasteiger partial charge in [-0.15, -0.1) is 11.3 Å². The predicted molar refractivity (Wildman–Crippen MR) is 98.0 cm³/mol. The van der Waals surface area contributed by atoms with Gasteiger partial charge in [0.15, 0.2) is 5.11 Å². The van der Waals surface area contributed by atoms with E-state index in [0.717, 1.165) is 16.9 Å². The molecule has 0 saturated heterocycles. The van der Waals surface area contributed by atoms with Crippen molar-refractivity contribution < 1.29 is 19.1 Å². The van der Waals surface area contributed by atoms with Gasteiger partial charge in [0.2, 0.25) is 0 Å². The van der Waals surface area contributed by atoms with Crippen molar-refractivity contribution in [1.29, 1.82) is 0 Å². The maximum Gasteiger partial charge on any atom is 0.348 e. The third kappa shape index (κ3) is 4.34. The lowest BCUT2D eigenvalue weighted by atomic mass is 10.1. The highest BCUT2D eigenvalue weighted by Crippen LogP contribution is 2.34. The molecule has 0 saturated carbocycles. The van der Waals surface area contributed by atoms with Gasteiger partial charge >= 0.3 is 11.9 Å². The van der Waals surface area contributed by atoms with Gasteiger partial charge < -0.3 is 20.1 Å². The van der Waals surface area contributed by atoms with E-state index in [1.165, 1.54) is 14.2 Å². The number of nitrogens with zero attached hydrogens (tertiary/aromatic N) is 2. The fraction of sp³-hybridized carbons (Fsp3) is 0.333. The molecule has 8 nitrogen and oxygen atoms in total. The molecule has 2 aromatic heterocycles. The number of rotatable bonds is 5. The van der Waals surface area contributed by atoms with Crippen LogP contribution in [0.5, 0.6) is 0 Å². The normalized spacial score (nSPS) is 10.2. The molecule has 2 rings (SSSR count). The van der Waals surface area contributed by atoms with Gasteiger partial charge in [-0.3, -0.25) is 4.68 Å². The van der Waals surface area contributed by atoms with E-state index in [1.807, 2.05) is 13.2 Å². The van der Waals surface area contributed by atoms with E-state index < -0.39 is 11.9 Å². The van der Waals surface area contributed by atoms with Gasteiger partial charge in [0.1, 0.15) is 9.88 Å². The summed E-state index contributed by atoms with van der Waals surface area (Å²) in [6, 6.07) is 0. The SMILES string of the molecule is COC(=O)c1sc(NC(=S)NCc2cnn(C)c2)c(C(=O)OC)c1C. The van der Waals surface area contributed by atoms with Crippen molar-refractivity contribution >= 4 is 45.6 Å². The summed E-state index contributed by atoms with van der Waals surface area (Å²) in [7, 11) is 4.39. The molecule has 0 aliphatic rings. The Hall–Kier alpha value is -2.46. The number of carbonyl (C=O) groups is 2. The number of thiocarbonyl (C=S) groups is 1. The summed E-state index contributed by atoms with van der Waals surface area (Å²) in [4.78, 5) is 24.2. The highest BCUT2D eigenvalue weighted by molar-refractivity contribution is 7.80. The second kappa shape index (κ2) is 8.08. The first-order chi connectivity index (χ1) is 11.9. The molecule has 0 bridgehead atoms. The molecule has 0 spiro atoms. The van der Waals surface area contributed by atoms with Crippen molar-refractivity contribution in [3.8, 4) is 0 Å². The quantitative estimate of drug-likeness (QED) is 0.598. The van der Waals surface area contributed by atoms with E-state index in [1.54, 1.807) is 17.8 Å². The average molecular weight is 382 g/mol. The summed E-state index contributed by atoms with van der Waals surface area (Å²) in [5.74, 6) is -1.07. The highest BCUT2D eigenvalue weighted by atomic mass is 32.1. The first-order valence-electron chi connectivity index (χ1n) is 7.19. The number of ether oxygens (including phenoxy) is 2. The lowest BCUT2D eigenvalue weighted by molar-refractivity contribution is 0.0601. The Balaban J connectivity index is 2.17. The molecule has 0 aliphatic heterocycles. The molecular formula is C15H18N4O4S2. The Bertz CT molecular complexity index is 813. The number of aryl methyl sites for hydroxylation is 1. The molecule has 10 heteroatoms. The summed E-state index contributed by atoms with van der Waals surface area (Å²) < 4.78 is 11.2. The van der Waals surface area contributed by atoms with Gasteiger partial charge in [0, 0.05) is 25.4 Å². The van der Waals surface area contributed by atoms with Gasteiger partial charge in [-0.25, -0.2) is 9.59 Å². The number of hydrogen-bond acceptors (Lipinski definition) is 7. The van der Waals surface area contributed by atoms with E-state index >= 15 is 0 Å². The van der Waals surface area contributed by atoms with Gasteiger partial charge in [0.05, 0.1) is 26.0 Å². The van der Waals surface area contributed by atoms with Crippen LogP contribution in [0.15, 0.2) is 12.4 Å². The van der Waals surface area contributed by atoms with Crippen molar-refractivity contribution in [2.45, 2.75) is 13.5 Å². The van der Waals surface area contributed by atoms with Gasteiger partial charge in [-0.05, 0) is 24.7 Å². The largest absolute Gasteiger partial charge is 0.465 e. The molecule has 2 N–H and O–H groups in total. The van der Waals surface area contributed by atoms with Gasteiger partial charge in [0.25, 0.3) is 0 Å². The zero-order chi connectivity index (χ0) is 18.6. The Morgan fingerprint density at radius 1 is 1.32 bits per heavy atom. The highest BCUT2D eigenvalue weighted by Gasteiger charge is 2.26. The van der Waals surface area contributed by atoms with Crippen LogP contribution in [0, 0.1) is 6.92 Å². The number of methoxy groups -OCH3 is 2. The first-order valence-corrected chi connectivity index (χ1v) is 8.42. The first kappa shape index (κ1) is 18.9. The molecule has 0 aliphatic carbocycles. The lowest BCUT2D eigenvalue weighted by Gasteiger charge is -2.09. The third-order valence-corrected chi connectivity index (χ3v) is 4.78. The monoisotopic (exact) mass is 382 g/mol. The van der Waals surface area contributed by atoms with Crippen LogP contribution >= 0.6 is 23.6 Å². The number of anilines is 1. The molecule has 0 radical (unpaired) electrons. The number of aromatic nitrogens is 2. The molecule has 0 atom stereocenters. The summed E-state index contributed by atoms with van der Waals surface area (Å²) in [6.45, 7) is 2.13. The van der Waals surface area contributed by atoms with Crippen LogP contribution in [0.3, 0.4) is 0 Å². The Kier molecular flexibility index (Phi) is 6.10. The molecule has 2 aromatic rings. The number of esters is 2. The number of hydrogen-bond donors (Lipinski definition) is 2. The molecule has 25 heavy (non-hydrogen) atoms. The zero-order valence-electron chi connectivity index (χ0n) is 14.2. The van der Waals surface area contributed by atoms with Crippen LogP contribution < -0.4 is 10.6 Å². The maximum atomic E-state index is 12.1. The molecule has 0 amide bonds. The summed E-state index contributed by atoms with van der Waals surface area (Å²) in [5.41, 5.74) is 1.71. The van der Waals surface area contributed by atoms with Crippen LogP contribution in [-0.2, 0) is 23.1 Å². The van der Waals surface area contributed by atoms with Crippen LogP contribution in [0.2, 0.25) is 0 Å². The van der Waals surface area contributed by atoms with E-state index in [9.17, 15) is 9.59 Å². The fourth-order valence-electron chi connectivity index (χ4n) is 2.13. The maximum absolute atomic E-state index is 12.1. The minimum Gasteiger partial charge on any atom is -0.465 e. The molecule has 2 heterocycles. The van der Waals surface area contributed by atoms with Crippen molar-refractivity contribution in [3.05, 3.63) is 34.0 Å². The van der Waals surface area contributed by atoms with Crippen LogP contribution in [0.1, 0.15) is 31.2 Å². The second-order valence-electron chi connectivity index (χ2n) is 5.07. The summed E-state index contributed by atoms with van der Waals surface area (Å²) in [6.07, 6.45) is 3.58. The number of carbonyl (C=O) groups excluding carboxylic acids is 2. The van der Waals surface area contributed by atoms with Crippen molar-refractivity contribution in [1.82, 2.24) is 15.1 Å². The molecule has 0 aromatic carbocycles. The minimum atomic E-state index is -0.554. The minimum absolute atomic E-state index is 0.262. The summed E-state index contributed by atoms with van der Waals surface area (Å²) >= 11 is 6.35.